The highest BCUT2D eigenvalue weighted by molar-refractivity contribution is 7.89. The van der Waals surface area contributed by atoms with Crippen molar-refractivity contribution in [1.29, 1.82) is 0 Å². The first kappa shape index (κ1) is 20.9. The van der Waals surface area contributed by atoms with Crippen molar-refractivity contribution in [3.05, 3.63) is 50.8 Å². The highest BCUT2D eigenvalue weighted by atomic mass is 35.5. The number of aromatic nitrogens is 3. The third-order valence-corrected chi connectivity index (χ3v) is 8.19. The van der Waals surface area contributed by atoms with Crippen molar-refractivity contribution in [2.45, 2.75) is 37.6 Å². The van der Waals surface area contributed by atoms with Gasteiger partial charge >= 0.3 is 0 Å². The molecule has 1 aliphatic heterocycles. The van der Waals surface area contributed by atoms with Gasteiger partial charge in [-0.05, 0) is 51.0 Å². The minimum Gasteiger partial charge on any atom is -0.360 e. The Morgan fingerprint density at radius 3 is 2.67 bits per heavy atom. The van der Waals surface area contributed by atoms with Crippen LogP contribution in [0.5, 0.6) is 0 Å². The van der Waals surface area contributed by atoms with E-state index in [1.165, 1.54) is 4.31 Å². The number of benzene rings is 1. The van der Waals surface area contributed by atoms with Gasteiger partial charge in [0.2, 0.25) is 15.0 Å². The molecule has 9 nitrogen and oxygen atoms in total. The zero-order valence-corrected chi connectivity index (χ0v) is 18.5. The van der Waals surface area contributed by atoms with Crippen LogP contribution in [0.1, 0.15) is 45.1 Å². The Morgan fingerprint density at radius 2 is 2.00 bits per heavy atom. The second-order valence-corrected chi connectivity index (χ2v) is 10.1. The van der Waals surface area contributed by atoms with E-state index in [1.807, 2.05) is 0 Å². The van der Waals surface area contributed by atoms with Crippen molar-refractivity contribution in [3.8, 4) is 0 Å². The second-order valence-electron chi connectivity index (χ2n) is 6.83. The van der Waals surface area contributed by atoms with Gasteiger partial charge in [-0.3, -0.25) is 4.79 Å². The van der Waals surface area contributed by atoms with E-state index in [1.54, 1.807) is 38.1 Å². The van der Waals surface area contributed by atoms with Gasteiger partial charge in [0.1, 0.15) is 15.6 Å². The smallest absolute Gasteiger partial charge is 0.286 e. The summed E-state index contributed by atoms with van der Waals surface area (Å²) >= 11 is 6.93. The van der Waals surface area contributed by atoms with Crippen LogP contribution in [0.3, 0.4) is 0 Å². The topological polar surface area (TPSA) is 118 Å². The van der Waals surface area contributed by atoms with E-state index in [0.717, 1.165) is 11.3 Å². The number of rotatable bonds is 5. The molecule has 1 amide bonds. The maximum absolute atomic E-state index is 13.2. The average molecular weight is 468 g/mol. The van der Waals surface area contributed by atoms with Gasteiger partial charge in [0.15, 0.2) is 5.76 Å². The minimum absolute atomic E-state index is 0.0830. The predicted octanol–water partition coefficient (Wildman–Crippen LogP) is 3.57. The number of carbonyl (C=O) groups is 1. The molecule has 0 radical (unpaired) electrons. The molecule has 30 heavy (non-hydrogen) atoms. The summed E-state index contributed by atoms with van der Waals surface area (Å²) < 4.78 is 32.9. The van der Waals surface area contributed by atoms with E-state index in [9.17, 15) is 13.2 Å². The minimum atomic E-state index is -3.81. The lowest BCUT2D eigenvalue weighted by Gasteiger charge is -2.21. The first-order chi connectivity index (χ1) is 14.3. The fraction of sp³-hybridized carbons (Fsp3) is 0.333. The van der Waals surface area contributed by atoms with Crippen molar-refractivity contribution in [1.82, 2.24) is 19.7 Å². The number of nitrogens with zero attached hydrogens (tertiary/aromatic N) is 4. The Balaban J connectivity index is 1.56. The maximum Gasteiger partial charge on any atom is 0.286 e. The van der Waals surface area contributed by atoms with Gasteiger partial charge in [0, 0.05) is 17.3 Å². The summed E-state index contributed by atoms with van der Waals surface area (Å²) in [5.41, 5.74) is 0.892. The van der Waals surface area contributed by atoms with E-state index >= 15 is 0 Å². The average Bonchev–Trinajstić information content (AvgIpc) is 3.43. The lowest BCUT2D eigenvalue weighted by molar-refractivity contribution is 0.102. The molecule has 1 N–H and O–H groups in total. The number of hydrogen-bond donors (Lipinski definition) is 1. The van der Waals surface area contributed by atoms with Gasteiger partial charge in [-0.2, -0.15) is 4.31 Å². The summed E-state index contributed by atoms with van der Waals surface area (Å²) in [5, 5.41) is 15.7. The third kappa shape index (κ3) is 3.85. The van der Waals surface area contributed by atoms with Gasteiger partial charge < -0.3 is 9.84 Å². The summed E-state index contributed by atoms with van der Waals surface area (Å²) in [6, 6.07) is 6.20. The fourth-order valence-corrected chi connectivity index (χ4v) is 6.45. The summed E-state index contributed by atoms with van der Waals surface area (Å²) in [4.78, 5) is 12.6. The van der Waals surface area contributed by atoms with Gasteiger partial charge in [0.05, 0.1) is 6.04 Å². The highest BCUT2D eigenvalue weighted by Gasteiger charge is 2.41. The Bertz CT molecular complexity index is 1170. The molecular weight excluding hydrogens is 450 g/mol. The number of aryl methyl sites for hydroxylation is 2. The number of hydrogen-bond acceptors (Lipinski definition) is 8. The van der Waals surface area contributed by atoms with Gasteiger partial charge in [0.25, 0.3) is 5.91 Å². The SMILES string of the molecule is Cc1noc(C)c1S(=O)(=O)N1CCCC1c1nnc(C(=O)Nc2ccc(Cl)cc2)s1. The van der Waals surface area contributed by atoms with Gasteiger partial charge in [-0.25, -0.2) is 8.42 Å². The molecule has 0 aliphatic carbocycles. The molecule has 1 fully saturated rings. The maximum atomic E-state index is 13.2. The van der Waals surface area contributed by atoms with Crippen molar-refractivity contribution in [3.63, 3.8) is 0 Å². The first-order valence-electron chi connectivity index (χ1n) is 9.12. The van der Waals surface area contributed by atoms with E-state index in [-0.39, 0.29) is 15.7 Å². The molecule has 0 bridgehead atoms. The Labute approximate surface area is 182 Å². The molecule has 1 unspecified atom stereocenters. The van der Waals surface area contributed by atoms with E-state index in [0.29, 0.717) is 40.8 Å². The number of carbonyl (C=O) groups excluding carboxylic acids is 1. The lowest BCUT2D eigenvalue weighted by atomic mass is 10.2. The molecule has 1 saturated heterocycles. The number of anilines is 1. The lowest BCUT2D eigenvalue weighted by Crippen LogP contribution is -2.31. The van der Waals surface area contributed by atoms with Crippen LogP contribution in [-0.2, 0) is 10.0 Å². The van der Waals surface area contributed by atoms with Crippen molar-refractivity contribution in [2.75, 3.05) is 11.9 Å². The van der Waals surface area contributed by atoms with Gasteiger partial charge in [-0.15, -0.1) is 10.2 Å². The highest BCUT2D eigenvalue weighted by Crippen LogP contribution is 2.39. The largest absolute Gasteiger partial charge is 0.360 e. The molecule has 0 saturated carbocycles. The molecule has 2 aromatic heterocycles. The Morgan fingerprint density at radius 1 is 1.27 bits per heavy atom. The molecule has 12 heteroatoms. The molecule has 1 aliphatic rings. The van der Waals surface area contributed by atoms with Crippen LogP contribution in [0.15, 0.2) is 33.7 Å². The predicted molar refractivity (Wildman–Crippen MR) is 111 cm³/mol. The van der Waals surface area contributed by atoms with Crippen molar-refractivity contribution < 1.29 is 17.7 Å². The van der Waals surface area contributed by atoms with Crippen molar-refractivity contribution in [2.24, 2.45) is 0 Å². The zero-order valence-electron chi connectivity index (χ0n) is 16.1. The fourth-order valence-electron chi connectivity index (χ4n) is 3.41. The quantitative estimate of drug-likeness (QED) is 0.609. The Kier molecular flexibility index (Phi) is 5.62. The monoisotopic (exact) mass is 467 g/mol. The molecule has 0 spiro atoms. The summed E-state index contributed by atoms with van der Waals surface area (Å²) in [7, 11) is -3.81. The number of nitrogens with one attached hydrogen (secondary N) is 1. The van der Waals surface area contributed by atoms with Crippen LogP contribution in [0, 0.1) is 13.8 Å². The van der Waals surface area contributed by atoms with Crippen LogP contribution in [0.25, 0.3) is 0 Å². The zero-order chi connectivity index (χ0) is 21.5. The van der Waals surface area contributed by atoms with Crippen LogP contribution >= 0.6 is 22.9 Å². The molecule has 1 aromatic carbocycles. The van der Waals surface area contributed by atoms with Crippen LogP contribution in [0.4, 0.5) is 5.69 Å². The van der Waals surface area contributed by atoms with Crippen molar-refractivity contribution >= 4 is 44.6 Å². The van der Waals surface area contributed by atoms with E-state index < -0.39 is 22.0 Å². The summed E-state index contributed by atoms with van der Waals surface area (Å²) in [5.74, 6) is -0.169. The molecule has 1 atom stereocenters. The molecule has 4 rings (SSSR count). The van der Waals surface area contributed by atoms with Crippen LogP contribution in [0.2, 0.25) is 5.02 Å². The molecule has 3 heterocycles. The first-order valence-corrected chi connectivity index (χ1v) is 11.8. The standard InChI is InChI=1S/C18H18ClN5O4S2/c1-10-15(11(2)28-23-10)30(26,27)24-9-3-4-14(24)17-21-22-18(29-17)16(25)20-13-7-5-12(19)6-8-13/h5-8,14H,3-4,9H2,1-2H3,(H,20,25). The van der Waals surface area contributed by atoms with Crippen LogP contribution < -0.4 is 5.32 Å². The number of halogens is 1. The second kappa shape index (κ2) is 8.06. The molecular formula is C18H18ClN5O4S2. The number of sulfonamides is 1. The van der Waals surface area contributed by atoms with E-state index in [2.05, 4.69) is 20.7 Å². The van der Waals surface area contributed by atoms with Crippen LogP contribution in [-0.4, -0.2) is 40.5 Å². The summed E-state index contributed by atoms with van der Waals surface area (Å²) in [6.07, 6.45) is 1.27. The Hall–Kier alpha value is -2.34. The third-order valence-electron chi connectivity index (χ3n) is 4.76. The number of amides is 1. The molecule has 158 valence electrons. The van der Waals surface area contributed by atoms with E-state index in [4.69, 9.17) is 16.1 Å². The van der Waals surface area contributed by atoms with Gasteiger partial charge in [-0.1, -0.05) is 28.1 Å². The normalized spacial score (nSPS) is 17.4. The summed E-state index contributed by atoms with van der Waals surface area (Å²) in [6.45, 7) is 3.52. The molecule has 3 aromatic rings.